The summed E-state index contributed by atoms with van der Waals surface area (Å²) in [6.07, 6.45) is 2.08. The highest BCUT2D eigenvalue weighted by Crippen LogP contribution is 2.47. The lowest BCUT2D eigenvalue weighted by molar-refractivity contribution is 0.0253. The summed E-state index contributed by atoms with van der Waals surface area (Å²) in [7, 11) is 0. The second-order valence-corrected chi connectivity index (χ2v) is 6.93. The molecule has 0 unspecified atom stereocenters. The van der Waals surface area contributed by atoms with Crippen molar-refractivity contribution >= 4 is 0 Å². The van der Waals surface area contributed by atoms with Gasteiger partial charge in [0.25, 0.3) is 0 Å². The molecule has 2 aromatic rings. The lowest BCUT2D eigenvalue weighted by Gasteiger charge is -2.35. The molecule has 2 heterocycles. The largest absolute Gasteiger partial charge is 0.508 e. The van der Waals surface area contributed by atoms with Gasteiger partial charge in [0, 0.05) is 30.0 Å². The molecule has 2 aromatic carbocycles. The molecule has 4 heteroatoms. The van der Waals surface area contributed by atoms with Crippen LogP contribution in [0.4, 0.5) is 0 Å². The second-order valence-electron chi connectivity index (χ2n) is 6.93. The molecular weight excluding hydrogens is 328 g/mol. The minimum absolute atomic E-state index is 0.215. The van der Waals surface area contributed by atoms with Crippen LogP contribution in [0.1, 0.15) is 46.1 Å². The van der Waals surface area contributed by atoms with Gasteiger partial charge < -0.3 is 19.3 Å². The average molecular weight is 356 g/mol. The van der Waals surface area contributed by atoms with Crippen molar-refractivity contribution in [1.29, 1.82) is 0 Å². The fourth-order valence-electron chi connectivity index (χ4n) is 3.46. The van der Waals surface area contributed by atoms with Gasteiger partial charge in [-0.1, -0.05) is 19.9 Å². The van der Waals surface area contributed by atoms with Gasteiger partial charge in [0.2, 0.25) is 0 Å². The fourth-order valence-corrected chi connectivity index (χ4v) is 3.46. The molecule has 4 rings (SSSR count). The van der Waals surface area contributed by atoms with Crippen LogP contribution >= 0.6 is 0 Å². The molecule has 0 aromatic heterocycles. The zero-order valence-electron chi connectivity index (χ0n) is 16.0. The van der Waals surface area contributed by atoms with Crippen LogP contribution in [-0.4, -0.2) is 24.4 Å². The molecule has 4 nitrogen and oxygen atoms in total. The number of phenolic OH excluding ortho intramolecular Hbond substituents is 1. The van der Waals surface area contributed by atoms with Crippen molar-refractivity contribution in [2.24, 2.45) is 0 Å². The van der Waals surface area contributed by atoms with E-state index in [1.54, 1.807) is 12.1 Å². The highest BCUT2D eigenvalue weighted by Gasteiger charge is 2.33. The SMILES string of the molecule is CC.CC1(C)Oc2cc(O)ccc2-c2ccc(OC3CCOCC3)cc21. The van der Waals surface area contributed by atoms with Crippen molar-refractivity contribution in [3.63, 3.8) is 0 Å². The van der Waals surface area contributed by atoms with Crippen LogP contribution in [0.5, 0.6) is 17.2 Å². The monoisotopic (exact) mass is 356 g/mol. The fraction of sp³-hybridized carbons (Fsp3) is 0.455. The Bertz CT molecular complexity index is 761. The maximum atomic E-state index is 9.72. The predicted octanol–water partition coefficient (Wildman–Crippen LogP) is 5.27. The third kappa shape index (κ3) is 3.65. The number of benzene rings is 2. The molecule has 0 atom stereocenters. The highest BCUT2D eigenvalue weighted by molar-refractivity contribution is 5.77. The molecule has 2 aliphatic rings. The smallest absolute Gasteiger partial charge is 0.132 e. The molecule has 0 amide bonds. The Morgan fingerprint density at radius 2 is 1.69 bits per heavy atom. The van der Waals surface area contributed by atoms with E-state index in [1.165, 1.54) is 0 Å². The van der Waals surface area contributed by atoms with E-state index >= 15 is 0 Å². The van der Waals surface area contributed by atoms with Crippen LogP contribution in [0, 0.1) is 0 Å². The van der Waals surface area contributed by atoms with Gasteiger partial charge in [-0.25, -0.2) is 0 Å². The van der Waals surface area contributed by atoms with Crippen molar-refractivity contribution in [2.75, 3.05) is 13.2 Å². The molecule has 1 fully saturated rings. The van der Waals surface area contributed by atoms with E-state index in [2.05, 4.69) is 12.1 Å². The highest BCUT2D eigenvalue weighted by atomic mass is 16.5. The van der Waals surface area contributed by atoms with Crippen LogP contribution in [0.2, 0.25) is 0 Å². The lowest BCUT2D eigenvalue weighted by Crippen LogP contribution is -2.30. The van der Waals surface area contributed by atoms with E-state index in [4.69, 9.17) is 14.2 Å². The topological polar surface area (TPSA) is 47.9 Å². The summed E-state index contributed by atoms with van der Waals surface area (Å²) in [5.74, 6) is 1.80. The molecule has 0 saturated carbocycles. The van der Waals surface area contributed by atoms with Crippen molar-refractivity contribution in [3.05, 3.63) is 42.0 Å². The lowest BCUT2D eigenvalue weighted by atomic mass is 9.86. The van der Waals surface area contributed by atoms with Gasteiger partial charge in [-0.15, -0.1) is 0 Å². The third-order valence-corrected chi connectivity index (χ3v) is 4.73. The molecule has 140 valence electrons. The van der Waals surface area contributed by atoms with E-state index in [0.717, 1.165) is 48.5 Å². The number of hydrogen-bond donors (Lipinski definition) is 1. The van der Waals surface area contributed by atoms with Gasteiger partial charge in [0.05, 0.1) is 13.2 Å². The first kappa shape index (κ1) is 18.6. The summed E-state index contributed by atoms with van der Waals surface area (Å²) in [6.45, 7) is 9.61. The van der Waals surface area contributed by atoms with Crippen LogP contribution in [-0.2, 0) is 10.3 Å². The number of fused-ring (bicyclic) bond motifs is 3. The molecule has 1 saturated heterocycles. The van der Waals surface area contributed by atoms with Gasteiger partial charge in [-0.2, -0.15) is 0 Å². The van der Waals surface area contributed by atoms with Gasteiger partial charge in [-0.05, 0) is 43.7 Å². The minimum Gasteiger partial charge on any atom is -0.508 e. The minimum atomic E-state index is -0.481. The normalized spacial score (nSPS) is 17.8. The summed E-state index contributed by atoms with van der Waals surface area (Å²) in [4.78, 5) is 0. The third-order valence-electron chi connectivity index (χ3n) is 4.73. The quantitative estimate of drug-likeness (QED) is 0.796. The molecule has 0 spiro atoms. The Morgan fingerprint density at radius 1 is 1.00 bits per heavy atom. The first-order chi connectivity index (χ1) is 12.5. The Labute approximate surface area is 155 Å². The molecule has 0 bridgehead atoms. The van der Waals surface area contributed by atoms with Gasteiger partial charge >= 0.3 is 0 Å². The zero-order valence-corrected chi connectivity index (χ0v) is 16.0. The van der Waals surface area contributed by atoms with Crippen LogP contribution < -0.4 is 9.47 Å². The van der Waals surface area contributed by atoms with E-state index < -0.39 is 5.60 Å². The van der Waals surface area contributed by atoms with Crippen LogP contribution in [0.15, 0.2) is 36.4 Å². The molecule has 1 N–H and O–H groups in total. The summed E-state index contributed by atoms with van der Waals surface area (Å²) >= 11 is 0. The number of rotatable bonds is 2. The van der Waals surface area contributed by atoms with Crippen molar-refractivity contribution < 1.29 is 19.3 Å². The van der Waals surface area contributed by atoms with Gasteiger partial charge in [-0.3, -0.25) is 0 Å². The Balaban J connectivity index is 0.000000948. The maximum absolute atomic E-state index is 9.72. The number of hydrogen-bond acceptors (Lipinski definition) is 4. The summed E-state index contributed by atoms with van der Waals surface area (Å²) in [6, 6.07) is 11.5. The van der Waals surface area contributed by atoms with E-state index in [-0.39, 0.29) is 11.9 Å². The first-order valence-corrected chi connectivity index (χ1v) is 9.44. The first-order valence-electron chi connectivity index (χ1n) is 9.44. The second kappa shape index (κ2) is 7.58. The molecule has 2 aliphatic heterocycles. The van der Waals surface area contributed by atoms with Crippen LogP contribution in [0.3, 0.4) is 0 Å². The molecule has 0 aliphatic carbocycles. The molecule has 26 heavy (non-hydrogen) atoms. The van der Waals surface area contributed by atoms with Crippen LogP contribution in [0.25, 0.3) is 11.1 Å². The van der Waals surface area contributed by atoms with E-state index in [9.17, 15) is 5.11 Å². The Hall–Kier alpha value is -2.20. The number of phenols is 1. The number of aromatic hydroxyl groups is 1. The summed E-state index contributed by atoms with van der Waals surface area (Å²) in [5.41, 5.74) is 2.75. The average Bonchev–Trinajstić information content (AvgIpc) is 2.64. The zero-order chi connectivity index (χ0) is 18.7. The van der Waals surface area contributed by atoms with Crippen molar-refractivity contribution in [1.82, 2.24) is 0 Å². The summed E-state index contributed by atoms with van der Waals surface area (Å²) < 4.78 is 17.7. The standard InChI is InChI=1S/C20H22O4.C2H6/c1-20(2)18-12-15(23-14-7-9-22-10-8-14)4-6-16(18)17-5-3-13(21)11-19(17)24-20;1-2/h3-6,11-12,14,21H,7-10H2,1-2H3;1-2H3. The number of ether oxygens (including phenoxy) is 3. The maximum Gasteiger partial charge on any atom is 0.132 e. The summed E-state index contributed by atoms with van der Waals surface area (Å²) in [5, 5.41) is 9.72. The molecular formula is C22H28O4. The van der Waals surface area contributed by atoms with Gasteiger partial charge in [0.15, 0.2) is 0 Å². The van der Waals surface area contributed by atoms with E-state index in [0.29, 0.717) is 5.75 Å². The van der Waals surface area contributed by atoms with E-state index in [1.807, 2.05) is 39.8 Å². The predicted molar refractivity (Wildman–Crippen MR) is 103 cm³/mol. The van der Waals surface area contributed by atoms with Crippen molar-refractivity contribution in [2.45, 2.75) is 52.2 Å². The Morgan fingerprint density at radius 3 is 2.42 bits per heavy atom. The Kier molecular flexibility index (Phi) is 5.42. The van der Waals surface area contributed by atoms with Crippen molar-refractivity contribution in [3.8, 4) is 28.4 Å². The van der Waals surface area contributed by atoms with Gasteiger partial charge in [0.1, 0.15) is 29.0 Å². The molecule has 0 radical (unpaired) electrons.